The Labute approximate surface area is 292 Å². The predicted octanol–water partition coefficient (Wildman–Crippen LogP) is 11.1. The van der Waals surface area contributed by atoms with Crippen molar-refractivity contribution in [3.05, 3.63) is 197 Å². The smallest absolute Gasteiger partial charge is 0.0285 e. The van der Waals surface area contributed by atoms with Crippen molar-refractivity contribution < 1.29 is 0 Å². The molecule has 4 aliphatic rings. The van der Waals surface area contributed by atoms with Gasteiger partial charge in [-0.1, -0.05) is 158 Å². The Bertz CT molecular complexity index is 2820. The number of benzene rings is 7. The van der Waals surface area contributed by atoms with Crippen molar-refractivity contribution in [1.29, 1.82) is 0 Å². The topological polar surface area (TPSA) is 0 Å². The summed E-state index contributed by atoms with van der Waals surface area (Å²) in [4.78, 5) is 0. The van der Waals surface area contributed by atoms with E-state index in [0.29, 0.717) is 0 Å². The minimum Gasteiger partial charge on any atom is -0.0728 e. The van der Waals surface area contributed by atoms with E-state index < -0.39 is 0 Å². The molecule has 0 aliphatic heterocycles. The highest BCUT2D eigenvalue weighted by Gasteiger charge is 2.69. The summed E-state index contributed by atoms with van der Waals surface area (Å²) in [7, 11) is 0. The van der Waals surface area contributed by atoms with Gasteiger partial charge in [0.15, 0.2) is 0 Å². The van der Waals surface area contributed by atoms with Gasteiger partial charge in [-0.25, -0.2) is 0 Å². The predicted molar refractivity (Wildman–Crippen MR) is 211 cm³/mol. The molecule has 0 bridgehead atoms. The van der Waals surface area contributed by atoms with E-state index in [2.05, 4.69) is 182 Å². The number of hydrogen-bond acceptors (Lipinski definition) is 0. The quantitative estimate of drug-likeness (QED) is 0.170. The zero-order valence-electron chi connectivity index (χ0n) is 27.7. The molecule has 0 heteroatoms. The second-order valence-corrected chi connectivity index (χ2v) is 14.5. The van der Waals surface area contributed by atoms with Crippen molar-refractivity contribution in [3.8, 4) is 33.4 Å². The van der Waals surface area contributed by atoms with Crippen molar-refractivity contribution >= 4 is 39.3 Å². The highest BCUT2D eigenvalue weighted by atomic mass is 14.7. The average molecular weight is 635 g/mol. The van der Waals surface area contributed by atoms with Crippen LogP contribution in [0, 0.1) is 0 Å². The van der Waals surface area contributed by atoms with E-state index in [1.807, 2.05) is 0 Å². The van der Waals surface area contributed by atoms with E-state index in [1.54, 1.807) is 0 Å². The summed E-state index contributed by atoms with van der Waals surface area (Å²) in [6.07, 6.45) is 18.7. The lowest BCUT2D eigenvalue weighted by molar-refractivity contribution is 0.716. The molecule has 1 fully saturated rings. The molecular formula is C50H34. The third kappa shape index (κ3) is 3.82. The van der Waals surface area contributed by atoms with Gasteiger partial charge in [-0.3, -0.25) is 0 Å². The average Bonchev–Trinajstić information content (AvgIpc) is 3.95. The first-order valence-corrected chi connectivity index (χ1v) is 17.9. The number of fused-ring (bicyclic) bond motifs is 9. The van der Waals surface area contributed by atoms with E-state index in [-0.39, 0.29) is 10.8 Å². The van der Waals surface area contributed by atoms with Gasteiger partial charge in [-0.2, -0.15) is 0 Å². The van der Waals surface area contributed by atoms with Crippen LogP contribution in [0.1, 0.15) is 29.5 Å². The third-order valence-electron chi connectivity index (χ3n) is 12.0. The van der Waals surface area contributed by atoms with Gasteiger partial charge in [-0.15, -0.1) is 0 Å². The number of allylic oxidation sites excluding steroid dienone is 6. The van der Waals surface area contributed by atoms with E-state index in [4.69, 9.17) is 0 Å². The lowest BCUT2D eigenvalue weighted by Gasteiger charge is -2.33. The van der Waals surface area contributed by atoms with E-state index >= 15 is 0 Å². The minimum atomic E-state index is 0.0909. The SMILES string of the molecule is C1=CC23CC2(C=C1)c1ccc(-c2cccc(-c4cccc(C5=CCC=c6c(c7ccccc7c7ccccc67)=C5)c4)c2)cc1-c1ccccc13. The van der Waals surface area contributed by atoms with E-state index in [9.17, 15) is 0 Å². The van der Waals surface area contributed by atoms with Gasteiger partial charge >= 0.3 is 0 Å². The fourth-order valence-corrected chi connectivity index (χ4v) is 9.59. The maximum Gasteiger partial charge on any atom is 0.0285 e. The van der Waals surface area contributed by atoms with Crippen LogP contribution in [0.2, 0.25) is 0 Å². The lowest BCUT2D eigenvalue weighted by Crippen LogP contribution is -2.26. The molecule has 0 aromatic heterocycles. The molecule has 2 atom stereocenters. The summed E-state index contributed by atoms with van der Waals surface area (Å²) in [5.74, 6) is 0. The summed E-state index contributed by atoms with van der Waals surface area (Å²) >= 11 is 0. The Balaban J connectivity index is 0.996. The number of hydrogen-bond donors (Lipinski definition) is 0. The van der Waals surface area contributed by atoms with Crippen LogP contribution in [-0.4, -0.2) is 0 Å². The zero-order chi connectivity index (χ0) is 32.9. The normalized spacial score (nSPS) is 20.7. The Morgan fingerprint density at radius 3 is 1.68 bits per heavy atom. The summed E-state index contributed by atoms with van der Waals surface area (Å²) in [6, 6.07) is 52.2. The lowest BCUT2D eigenvalue weighted by atomic mass is 9.69. The summed E-state index contributed by atoms with van der Waals surface area (Å²) in [5, 5.41) is 7.92. The molecule has 0 N–H and O–H groups in total. The molecule has 0 radical (unpaired) electrons. The highest BCUT2D eigenvalue weighted by molar-refractivity contribution is 6.09. The van der Waals surface area contributed by atoms with Crippen molar-refractivity contribution in [3.63, 3.8) is 0 Å². The second-order valence-electron chi connectivity index (χ2n) is 14.5. The zero-order valence-corrected chi connectivity index (χ0v) is 27.7. The standard InChI is InChI=1S/C50H34/c1-2-19-41-39(17-1)40-18-3-4-20-42(40)45-30-37(16-11-22-43(41)45)35-14-9-12-33(28-35)34-13-10-15-36(29-34)38-24-25-48-46(31-38)44-21-5-6-23-47(44)49-26-7-8-27-50(48,49)32-49/h1-10,12-31H,11,32H2. The van der Waals surface area contributed by atoms with Gasteiger partial charge in [0.2, 0.25) is 0 Å². The first kappa shape index (κ1) is 27.9. The van der Waals surface area contributed by atoms with Crippen LogP contribution in [0.5, 0.6) is 0 Å². The fraction of sp³-hybridized carbons (Fsp3) is 0.0800. The van der Waals surface area contributed by atoms with Crippen LogP contribution in [0.25, 0.3) is 72.7 Å². The van der Waals surface area contributed by atoms with Gasteiger partial charge in [0, 0.05) is 10.8 Å². The van der Waals surface area contributed by atoms with E-state index in [0.717, 1.165) is 12.8 Å². The molecule has 7 aromatic carbocycles. The van der Waals surface area contributed by atoms with Gasteiger partial charge in [0.25, 0.3) is 0 Å². The molecule has 7 aromatic rings. The molecule has 0 amide bonds. The van der Waals surface area contributed by atoms with Gasteiger partial charge in [0.05, 0.1) is 0 Å². The van der Waals surface area contributed by atoms with Crippen LogP contribution >= 0.6 is 0 Å². The summed E-state index contributed by atoms with van der Waals surface area (Å²) < 4.78 is 0. The van der Waals surface area contributed by atoms with Crippen LogP contribution < -0.4 is 10.4 Å². The Kier molecular flexibility index (Phi) is 5.73. The van der Waals surface area contributed by atoms with Crippen molar-refractivity contribution in [1.82, 2.24) is 0 Å². The molecule has 234 valence electrons. The van der Waals surface area contributed by atoms with Crippen LogP contribution in [0.15, 0.2) is 170 Å². The third-order valence-corrected chi connectivity index (χ3v) is 12.0. The minimum absolute atomic E-state index is 0.0909. The van der Waals surface area contributed by atoms with Crippen molar-refractivity contribution in [2.75, 3.05) is 0 Å². The fourth-order valence-electron chi connectivity index (χ4n) is 9.59. The monoisotopic (exact) mass is 634 g/mol. The van der Waals surface area contributed by atoms with Crippen molar-refractivity contribution in [2.45, 2.75) is 23.7 Å². The molecule has 1 saturated carbocycles. The van der Waals surface area contributed by atoms with Crippen molar-refractivity contribution in [2.24, 2.45) is 0 Å². The molecule has 11 rings (SSSR count). The summed E-state index contributed by atoms with van der Waals surface area (Å²) in [5.41, 5.74) is 13.4. The largest absolute Gasteiger partial charge is 0.0728 e. The first-order chi connectivity index (χ1) is 24.7. The molecule has 0 nitrogen and oxygen atoms in total. The number of rotatable bonds is 3. The highest BCUT2D eigenvalue weighted by Crippen LogP contribution is 2.73. The van der Waals surface area contributed by atoms with E-state index in [1.165, 1.54) is 87.6 Å². The summed E-state index contributed by atoms with van der Waals surface area (Å²) in [6.45, 7) is 0. The van der Waals surface area contributed by atoms with Gasteiger partial charge in [-0.05, 0) is 125 Å². The van der Waals surface area contributed by atoms with Gasteiger partial charge < -0.3 is 0 Å². The maximum atomic E-state index is 2.46. The molecule has 2 unspecified atom stereocenters. The maximum absolute atomic E-state index is 2.46. The molecule has 0 saturated heterocycles. The van der Waals surface area contributed by atoms with Crippen LogP contribution in [0.4, 0.5) is 0 Å². The second kappa shape index (κ2) is 10.3. The first-order valence-electron chi connectivity index (χ1n) is 17.9. The Hall–Kier alpha value is -5.98. The van der Waals surface area contributed by atoms with Crippen LogP contribution in [-0.2, 0) is 10.8 Å². The Morgan fingerprint density at radius 2 is 0.960 bits per heavy atom. The molecular weight excluding hydrogens is 601 g/mol. The molecule has 0 heterocycles. The van der Waals surface area contributed by atoms with Crippen LogP contribution in [0.3, 0.4) is 0 Å². The molecule has 4 aliphatic carbocycles. The molecule has 50 heavy (non-hydrogen) atoms. The van der Waals surface area contributed by atoms with Gasteiger partial charge in [0.1, 0.15) is 0 Å². The molecule has 0 spiro atoms. The Morgan fingerprint density at radius 1 is 0.400 bits per heavy atom.